The molecule has 1 aliphatic rings. The number of benzene rings is 1. The summed E-state index contributed by atoms with van der Waals surface area (Å²) in [5.41, 5.74) is 1.27. The Hall–Kier alpha value is -1.55. The maximum Gasteiger partial charge on any atom is 0.223 e. The zero-order chi connectivity index (χ0) is 15.9. The molecule has 0 aliphatic carbocycles. The minimum atomic E-state index is 0.176. The highest BCUT2D eigenvalue weighted by atomic mass is 16.5. The summed E-state index contributed by atoms with van der Waals surface area (Å²) in [6.07, 6.45) is 2.89. The van der Waals surface area contributed by atoms with Crippen molar-refractivity contribution in [1.29, 1.82) is 0 Å². The number of piperidine rings is 1. The van der Waals surface area contributed by atoms with E-state index in [-0.39, 0.29) is 17.9 Å². The van der Waals surface area contributed by atoms with Gasteiger partial charge in [0.05, 0.1) is 7.11 Å². The lowest BCUT2D eigenvalue weighted by Gasteiger charge is -2.31. The van der Waals surface area contributed by atoms with Crippen LogP contribution < -0.4 is 10.1 Å². The molecule has 1 amide bonds. The molecule has 0 unspecified atom stereocenters. The molecular weight excluding hydrogens is 276 g/mol. The van der Waals surface area contributed by atoms with Gasteiger partial charge in [-0.3, -0.25) is 9.69 Å². The third-order valence-corrected chi connectivity index (χ3v) is 4.50. The second-order valence-electron chi connectivity index (χ2n) is 6.22. The number of hydrogen-bond acceptors (Lipinski definition) is 3. The molecular formula is C18H28N2O2. The summed E-state index contributed by atoms with van der Waals surface area (Å²) in [6, 6.07) is 8.49. The molecule has 1 atom stereocenters. The van der Waals surface area contributed by atoms with Crippen LogP contribution in [0.5, 0.6) is 5.75 Å². The van der Waals surface area contributed by atoms with E-state index in [1.807, 2.05) is 12.1 Å². The third-order valence-electron chi connectivity index (χ3n) is 4.50. The Balaban J connectivity index is 1.80. The Morgan fingerprint density at radius 1 is 1.41 bits per heavy atom. The first-order chi connectivity index (χ1) is 10.6. The van der Waals surface area contributed by atoms with Gasteiger partial charge in [0, 0.05) is 18.5 Å². The Morgan fingerprint density at radius 3 is 2.77 bits per heavy atom. The first kappa shape index (κ1) is 16.8. The molecule has 0 saturated carbocycles. The summed E-state index contributed by atoms with van der Waals surface area (Å²) >= 11 is 0. The van der Waals surface area contributed by atoms with Crippen LogP contribution in [0.4, 0.5) is 0 Å². The molecule has 2 rings (SSSR count). The Kier molecular flexibility index (Phi) is 6.25. The maximum atomic E-state index is 12.2. The van der Waals surface area contributed by atoms with Crippen LogP contribution in [-0.4, -0.2) is 37.0 Å². The average molecular weight is 304 g/mol. The van der Waals surface area contributed by atoms with E-state index in [2.05, 4.69) is 36.2 Å². The first-order valence-electron chi connectivity index (χ1n) is 8.28. The van der Waals surface area contributed by atoms with Crippen LogP contribution in [0.1, 0.15) is 38.7 Å². The van der Waals surface area contributed by atoms with Gasteiger partial charge in [0.1, 0.15) is 5.75 Å². The van der Waals surface area contributed by atoms with Crippen molar-refractivity contribution in [3.05, 3.63) is 29.8 Å². The fourth-order valence-electron chi connectivity index (χ4n) is 2.85. The molecule has 0 aromatic heterocycles. The second kappa shape index (κ2) is 8.18. The van der Waals surface area contributed by atoms with Crippen molar-refractivity contribution in [3.63, 3.8) is 0 Å². The number of likely N-dealkylation sites (tertiary alicyclic amines) is 1. The minimum absolute atomic E-state index is 0.176. The van der Waals surface area contributed by atoms with Crippen molar-refractivity contribution in [1.82, 2.24) is 10.2 Å². The summed E-state index contributed by atoms with van der Waals surface area (Å²) in [5.74, 6) is 1.31. The number of hydrogen-bond donors (Lipinski definition) is 1. The minimum Gasteiger partial charge on any atom is -0.497 e. The Bertz CT molecular complexity index is 482. The highest BCUT2D eigenvalue weighted by Gasteiger charge is 2.25. The van der Waals surface area contributed by atoms with E-state index in [0.29, 0.717) is 0 Å². The lowest BCUT2D eigenvalue weighted by molar-refractivity contribution is -0.127. The van der Waals surface area contributed by atoms with Crippen LogP contribution in [0.25, 0.3) is 0 Å². The van der Waals surface area contributed by atoms with Gasteiger partial charge >= 0.3 is 0 Å². The molecule has 1 fully saturated rings. The van der Waals surface area contributed by atoms with Crippen LogP contribution in [-0.2, 0) is 11.3 Å². The number of carbonyl (C=O) groups excluding carboxylic acids is 1. The van der Waals surface area contributed by atoms with E-state index in [4.69, 9.17) is 4.74 Å². The van der Waals surface area contributed by atoms with Gasteiger partial charge in [-0.15, -0.1) is 0 Å². The molecule has 1 aliphatic heterocycles. The highest BCUT2D eigenvalue weighted by molar-refractivity contribution is 5.79. The molecule has 1 aromatic carbocycles. The Labute approximate surface area is 133 Å². The predicted molar refractivity (Wildman–Crippen MR) is 88.9 cm³/mol. The first-order valence-corrected chi connectivity index (χ1v) is 8.28. The van der Waals surface area contributed by atoms with Crippen LogP contribution in [0.2, 0.25) is 0 Å². The van der Waals surface area contributed by atoms with E-state index in [9.17, 15) is 4.79 Å². The predicted octanol–water partition coefficient (Wildman–Crippen LogP) is 2.82. The SMILES string of the molecule is CC[C@H](C)NC(=O)C1CCN(Cc2cccc(OC)c2)CC1. The second-order valence-corrected chi connectivity index (χ2v) is 6.22. The molecule has 0 bridgehead atoms. The summed E-state index contributed by atoms with van der Waals surface area (Å²) in [6.45, 7) is 7.06. The van der Waals surface area contributed by atoms with Crippen molar-refractivity contribution in [2.24, 2.45) is 5.92 Å². The van der Waals surface area contributed by atoms with Crippen molar-refractivity contribution < 1.29 is 9.53 Å². The molecule has 1 N–H and O–H groups in total. The van der Waals surface area contributed by atoms with Crippen molar-refractivity contribution in [2.45, 2.75) is 45.7 Å². The van der Waals surface area contributed by atoms with Crippen LogP contribution in [0, 0.1) is 5.92 Å². The highest BCUT2D eigenvalue weighted by Crippen LogP contribution is 2.21. The lowest BCUT2D eigenvalue weighted by Crippen LogP contribution is -2.42. The molecule has 1 saturated heterocycles. The zero-order valence-electron chi connectivity index (χ0n) is 14.0. The maximum absolute atomic E-state index is 12.2. The summed E-state index contributed by atoms with van der Waals surface area (Å²) < 4.78 is 5.27. The van der Waals surface area contributed by atoms with Gasteiger partial charge in [-0.2, -0.15) is 0 Å². The van der Waals surface area contributed by atoms with Crippen molar-refractivity contribution in [3.8, 4) is 5.75 Å². The lowest BCUT2D eigenvalue weighted by atomic mass is 9.95. The summed E-state index contributed by atoms with van der Waals surface area (Å²) in [7, 11) is 1.69. The number of nitrogens with zero attached hydrogens (tertiary/aromatic N) is 1. The van der Waals surface area contributed by atoms with Gasteiger partial charge in [-0.1, -0.05) is 19.1 Å². The van der Waals surface area contributed by atoms with E-state index in [1.165, 1.54) is 5.56 Å². The molecule has 1 heterocycles. The van der Waals surface area contributed by atoms with Crippen molar-refractivity contribution >= 4 is 5.91 Å². The topological polar surface area (TPSA) is 41.6 Å². The van der Waals surface area contributed by atoms with E-state index < -0.39 is 0 Å². The Morgan fingerprint density at radius 2 is 2.14 bits per heavy atom. The standard InChI is InChI=1S/C18H28N2O2/c1-4-14(2)19-18(21)16-8-10-20(11-9-16)13-15-6-5-7-17(12-15)22-3/h5-7,12,14,16H,4,8-11,13H2,1-3H3,(H,19,21)/t14-/m0/s1. The van der Waals surface area contributed by atoms with Gasteiger partial charge < -0.3 is 10.1 Å². The fraction of sp³-hybridized carbons (Fsp3) is 0.611. The molecule has 0 radical (unpaired) electrons. The normalized spacial score (nSPS) is 18.0. The zero-order valence-corrected chi connectivity index (χ0v) is 14.0. The van der Waals surface area contributed by atoms with E-state index in [1.54, 1.807) is 7.11 Å². The van der Waals surface area contributed by atoms with E-state index >= 15 is 0 Å². The van der Waals surface area contributed by atoms with Gasteiger partial charge in [0.15, 0.2) is 0 Å². The smallest absolute Gasteiger partial charge is 0.223 e. The number of rotatable bonds is 6. The van der Waals surface area contributed by atoms with Crippen molar-refractivity contribution in [2.75, 3.05) is 20.2 Å². The molecule has 1 aromatic rings. The monoisotopic (exact) mass is 304 g/mol. The summed E-state index contributed by atoms with van der Waals surface area (Å²) in [5, 5.41) is 3.10. The molecule has 22 heavy (non-hydrogen) atoms. The quantitative estimate of drug-likeness (QED) is 0.878. The average Bonchev–Trinajstić information content (AvgIpc) is 2.55. The van der Waals surface area contributed by atoms with E-state index in [0.717, 1.165) is 44.6 Å². The van der Waals surface area contributed by atoms with Crippen LogP contribution >= 0.6 is 0 Å². The van der Waals surface area contributed by atoms with Crippen LogP contribution in [0.3, 0.4) is 0 Å². The largest absolute Gasteiger partial charge is 0.497 e. The van der Waals surface area contributed by atoms with Crippen LogP contribution in [0.15, 0.2) is 24.3 Å². The molecule has 122 valence electrons. The van der Waals surface area contributed by atoms with Gasteiger partial charge in [0.2, 0.25) is 5.91 Å². The van der Waals surface area contributed by atoms with Gasteiger partial charge in [-0.25, -0.2) is 0 Å². The van der Waals surface area contributed by atoms with Gasteiger partial charge in [-0.05, 0) is 57.0 Å². The fourth-order valence-corrected chi connectivity index (χ4v) is 2.85. The number of carbonyl (C=O) groups is 1. The summed E-state index contributed by atoms with van der Waals surface area (Å²) in [4.78, 5) is 14.6. The number of methoxy groups -OCH3 is 1. The van der Waals surface area contributed by atoms with Gasteiger partial charge in [0.25, 0.3) is 0 Å². The molecule has 4 heteroatoms. The third kappa shape index (κ3) is 4.73. The number of nitrogens with one attached hydrogen (secondary N) is 1. The molecule has 4 nitrogen and oxygen atoms in total. The number of ether oxygens (including phenoxy) is 1. The molecule has 0 spiro atoms. The number of amides is 1.